The zero-order chi connectivity index (χ0) is 13.8. The van der Waals surface area contributed by atoms with Crippen molar-refractivity contribution in [2.24, 2.45) is 0 Å². The highest BCUT2D eigenvalue weighted by Gasteiger charge is 2.10. The van der Waals surface area contributed by atoms with E-state index in [0.717, 1.165) is 28.0 Å². The molecule has 0 unspecified atom stereocenters. The summed E-state index contributed by atoms with van der Waals surface area (Å²) in [5.74, 6) is -0.225. The second kappa shape index (κ2) is 6.17. The fraction of sp³-hybridized carbons (Fsp3) is 0.200. The molecule has 0 spiro atoms. The molecule has 0 bridgehead atoms. The van der Waals surface area contributed by atoms with Gasteiger partial charge in [0.25, 0.3) is 0 Å². The minimum absolute atomic E-state index is 0.225. The number of rotatable bonds is 4. The molecule has 2 aromatic rings. The Balaban J connectivity index is 2.40. The Morgan fingerprint density at radius 2 is 2.00 bits per heavy atom. The van der Waals surface area contributed by atoms with E-state index in [9.17, 15) is 4.39 Å². The van der Waals surface area contributed by atoms with Crippen molar-refractivity contribution in [2.75, 3.05) is 19.0 Å². The van der Waals surface area contributed by atoms with E-state index in [0.29, 0.717) is 0 Å². The van der Waals surface area contributed by atoms with Gasteiger partial charge in [-0.05, 0) is 49.0 Å². The van der Waals surface area contributed by atoms with E-state index in [2.05, 4.69) is 27.3 Å². The molecule has 0 fully saturated rings. The van der Waals surface area contributed by atoms with Gasteiger partial charge in [0.1, 0.15) is 5.82 Å². The van der Waals surface area contributed by atoms with Crippen molar-refractivity contribution < 1.29 is 4.39 Å². The average Bonchev–Trinajstić information content (AvgIpc) is 2.39. The summed E-state index contributed by atoms with van der Waals surface area (Å²) in [4.78, 5) is 1.99. The number of anilines is 2. The lowest BCUT2D eigenvalue weighted by molar-refractivity contribution is 0.628. The summed E-state index contributed by atoms with van der Waals surface area (Å²) >= 11 is 3.48. The van der Waals surface area contributed by atoms with Crippen molar-refractivity contribution in [3.05, 3.63) is 58.3 Å². The Morgan fingerprint density at radius 1 is 1.21 bits per heavy atom. The molecule has 100 valence electrons. The molecule has 19 heavy (non-hydrogen) atoms. The van der Waals surface area contributed by atoms with Crippen molar-refractivity contribution in [1.82, 2.24) is 5.32 Å². The fourth-order valence-electron chi connectivity index (χ4n) is 2.04. The molecule has 4 heteroatoms. The van der Waals surface area contributed by atoms with E-state index in [1.54, 1.807) is 6.07 Å². The highest BCUT2D eigenvalue weighted by molar-refractivity contribution is 9.10. The summed E-state index contributed by atoms with van der Waals surface area (Å²) < 4.78 is 14.3. The molecular weight excluding hydrogens is 307 g/mol. The first-order valence-corrected chi connectivity index (χ1v) is 6.83. The van der Waals surface area contributed by atoms with Crippen LogP contribution in [0.15, 0.2) is 46.9 Å². The Bertz CT molecular complexity index is 572. The molecule has 0 heterocycles. The van der Waals surface area contributed by atoms with Gasteiger partial charge in [-0.2, -0.15) is 0 Å². The summed E-state index contributed by atoms with van der Waals surface area (Å²) in [5.41, 5.74) is 3.05. The lowest BCUT2D eigenvalue weighted by Crippen LogP contribution is -2.15. The molecule has 0 saturated heterocycles. The van der Waals surface area contributed by atoms with Crippen molar-refractivity contribution in [1.29, 1.82) is 0 Å². The van der Waals surface area contributed by atoms with Gasteiger partial charge in [0.15, 0.2) is 0 Å². The van der Waals surface area contributed by atoms with E-state index in [4.69, 9.17) is 0 Å². The molecule has 0 amide bonds. The Morgan fingerprint density at radius 3 is 2.68 bits per heavy atom. The molecule has 0 aromatic heterocycles. The largest absolute Gasteiger partial charge is 0.344 e. The lowest BCUT2D eigenvalue weighted by Gasteiger charge is -2.23. The summed E-state index contributed by atoms with van der Waals surface area (Å²) in [6.45, 7) is 0.758. The standard InChI is InChI=1S/C15H16BrFN2/c1-18-10-11-8-12(16)6-7-15(11)19(2)14-5-3-4-13(17)9-14/h3-9,18H,10H2,1-2H3. The SMILES string of the molecule is CNCc1cc(Br)ccc1N(C)c1cccc(F)c1. The molecule has 1 N–H and O–H groups in total. The van der Waals surface area contributed by atoms with E-state index in [1.165, 1.54) is 12.1 Å². The fourth-order valence-corrected chi connectivity index (χ4v) is 2.45. The number of hydrogen-bond donors (Lipinski definition) is 1. The van der Waals surface area contributed by atoms with Crippen LogP contribution in [-0.2, 0) is 6.54 Å². The molecule has 2 nitrogen and oxygen atoms in total. The molecule has 0 aliphatic rings. The van der Waals surface area contributed by atoms with E-state index >= 15 is 0 Å². The highest BCUT2D eigenvalue weighted by atomic mass is 79.9. The van der Waals surface area contributed by atoms with Gasteiger partial charge in [-0.3, -0.25) is 0 Å². The van der Waals surface area contributed by atoms with Crippen LogP contribution in [0.25, 0.3) is 0 Å². The molecule has 0 saturated carbocycles. The van der Waals surface area contributed by atoms with Crippen molar-refractivity contribution in [3.63, 3.8) is 0 Å². The van der Waals surface area contributed by atoms with Crippen molar-refractivity contribution >= 4 is 27.3 Å². The average molecular weight is 323 g/mol. The van der Waals surface area contributed by atoms with E-state index < -0.39 is 0 Å². The number of benzene rings is 2. The Kier molecular flexibility index (Phi) is 4.56. The normalized spacial score (nSPS) is 10.5. The lowest BCUT2D eigenvalue weighted by atomic mass is 10.1. The first kappa shape index (κ1) is 14.0. The molecule has 0 aliphatic heterocycles. The molecular formula is C15H16BrFN2. The van der Waals surface area contributed by atoms with Crippen LogP contribution in [0.3, 0.4) is 0 Å². The van der Waals surface area contributed by atoms with Crippen molar-refractivity contribution in [2.45, 2.75) is 6.54 Å². The predicted octanol–water partition coefficient (Wildman–Crippen LogP) is 4.08. The van der Waals surface area contributed by atoms with Crippen LogP contribution in [0.1, 0.15) is 5.56 Å². The molecule has 2 aromatic carbocycles. The number of nitrogens with one attached hydrogen (secondary N) is 1. The second-order valence-electron chi connectivity index (χ2n) is 4.34. The van der Waals surface area contributed by atoms with Gasteiger partial charge in [-0.15, -0.1) is 0 Å². The van der Waals surface area contributed by atoms with Gasteiger partial charge in [-0.1, -0.05) is 22.0 Å². The minimum Gasteiger partial charge on any atom is -0.344 e. The third kappa shape index (κ3) is 3.33. The first-order valence-electron chi connectivity index (χ1n) is 6.04. The van der Waals surface area contributed by atoms with Crippen LogP contribution >= 0.6 is 15.9 Å². The van der Waals surface area contributed by atoms with Crippen LogP contribution in [0.2, 0.25) is 0 Å². The maximum absolute atomic E-state index is 13.3. The monoisotopic (exact) mass is 322 g/mol. The van der Waals surface area contributed by atoms with Gasteiger partial charge in [-0.25, -0.2) is 4.39 Å². The third-order valence-electron chi connectivity index (χ3n) is 2.97. The quantitative estimate of drug-likeness (QED) is 0.912. The molecule has 0 atom stereocenters. The van der Waals surface area contributed by atoms with Crippen molar-refractivity contribution in [3.8, 4) is 0 Å². The first-order chi connectivity index (χ1) is 9.11. The maximum Gasteiger partial charge on any atom is 0.125 e. The van der Waals surface area contributed by atoms with Crippen LogP contribution in [0, 0.1) is 5.82 Å². The van der Waals surface area contributed by atoms with Gasteiger partial charge >= 0.3 is 0 Å². The van der Waals surface area contributed by atoms with E-state index in [-0.39, 0.29) is 5.82 Å². The molecule has 0 radical (unpaired) electrons. The molecule has 2 rings (SSSR count). The van der Waals surface area contributed by atoms with Gasteiger partial charge in [0, 0.05) is 29.4 Å². The summed E-state index contributed by atoms with van der Waals surface area (Å²) in [6.07, 6.45) is 0. The Labute approximate surface area is 121 Å². The minimum atomic E-state index is -0.225. The van der Waals surface area contributed by atoms with E-state index in [1.807, 2.05) is 37.2 Å². The zero-order valence-corrected chi connectivity index (χ0v) is 12.5. The topological polar surface area (TPSA) is 15.3 Å². The third-order valence-corrected chi connectivity index (χ3v) is 3.46. The smallest absolute Gasteiger partial charge is 0.125 e. The maximum atomic E-state index is 13.3. The van der Waals surface area contributed by atoms with Crippen LogP contribution in [0.4, 0.5) is 15.8 Å². The summed E-state index contributed by atoms with van der Waals surface area (Å²) in [7, 11) is 3.85. The van der Waals surface area contributed by atoms with Gasteiger partial charge in [0.2, 0.25) is 0 Å². The number of halogens is 2. The number of nitrogens with zero attached hydrogens (tertiary/aromatic N) is 1. The zero-order valence-electron chi connectivity index (χ0n) is 11.0. The Hall–Kier alpha value is -1.39. The highest BCUT2D eigenvalue weighted by Crippen LogP contribution is 2.29. The van der Waals surface area contributed by atoms with Crippen LogP contribution in [0.5, 0.6) is 0 Å². The predicted molar refractivity (Wildman–Crippen MR) is 81.4 cm³/mol. The number of hydrogen-bond acceptors (Lipinski definition) is 2. The summed E-state index contributed by atoms with van der Waals surface area (Å²) in [5, 5.41) is 3.15. The van der Waals surface area contributed by atoms with Gasteiger partial charge < -0.3 is 10.2 Å². The van der Waals surface area contributed by atoms with Crippen LogP contribution < -0.4 is 10.2 Å². The summed E-state index contributed by atoms with van der Waals surface area (Å²) in [6, 6.07) is 12.7. The molecule has 0 aliphatic carbocycles. The van der Waals surface area contributed by atoms with Gasteiger partial charge in [0.05, 0.1) is 0 Å². The second-order valence-corrected chi connectivity index (χ2v) is 5.26. The van der Waals surface area contributed by atoms with Crippen LogP contribution in [-0.4, -0.2) is 14.1 Å².